The Morgan fingerprint density at radius 1 is 0.828 bits per heavy atom. The van der Waals surface area contributed by atoms with E-state index in [-0.39, 0.29) is 0 Å². The van der Waals surface area contributed by atoms with Crippen molar-refractivity contribution >= 4 is 23.1 Å². The van der Waals surface area contributed by atoms with E-state index in [0.717, 1.165) is 22.6 Å². The summed E-state index contributed by atoms with van der Waals surface area (Å²) >= 11 is 0. The van der Waals surface area contributed by atoms with Crippen molar-refractivity contribution in [2.24, 2.45) is 0 Å². The molecule has 5 nitrogen and oxygen atoms in total. The van der Waals surface area contributed by atoms with Crippen LogP contribution in [0.1, 0.15) is 5.56 Å². The Bertz CT molecular complexity index is 1130. The predicted octanol–water partition coefficient (Wildman–Crippen LogP) is 5.53. The molecule has 0 radical (unpaired) electrons. The second kappa shape index (κ2) is 8.24. The number of para-hydroxylation sites is 1. The van der Waals surface area contributed by atoms with Gasteiger partial charge in [-0.3, -0.25) is 0 Å². The monoisotopic (exact) mass is 377 g/mol. The van der Waals surface area contributed by atoms with Crippen LogP contribution in [0.25, 0.3) is 11.3 Å². The van der Waals surface area contributed by atoms with Gasteiger partial charge in [-0.2, -0.15) is 10.2 Å². The molecule has 29 heavy (non-hydrogen) atoms. The fourth-order valence-corrected chi connectivity index (χ4v) is 2.95. The number of nitriles is 1. The van der Waals surface area contributed by atoms with E-state index in [1.54, 1.807) is 12.1 Å². The van der Waals surface area contributed by atoms with E-state index in [2.05, 4.69) is 11.4 Å². The summed E-state index contributed by atoms with van der Waals surface area (Å²) in [7, 11) is 1.95. The zero-order chi connectivity index (χ0) is 20.1. The maximum absolute atomic E-state index is 8.99. The average molecular weight is 377 g/mol. The van der Waals surface area contributed by atoms with Crippen LogP contribution in [0.4, 0.5) is 23.1 Å². The summed E-state index contributed by atoms with van der Waals surface area (Å²) in [4.78, 5) is 11.4. The van der Waals surface area contributed by atoms with Gasteiger partial charge in [-0.1, -0.05) is 48.5 Å². The maximum atomic E-state index is 8.99. The van der Waals surface area contributed by atoms with Gasteiger partial charge in [-0.05, 0) is 36.4 Å². The van der Waals surface area contributed by atoms with Crippen molar-refractivity contribution in [1.29, 1.82) is 5.26 Å². The normalized spacial score (nSPS) is 10.2. The molecule has 0 fully saturated rings. The third-order valence-electron chi connectivity index (χ3n) is 4.51. The second-order valence-electron chi connectivity index (χ2n) is 6.51. The summed E-state index contributed by atoms with van der Waals surface area (Å²) in [6.07, 6.45) is 0. The van der Waals surface area contributed by atoms with Crippen molar-refractivity contribution in [3.8, 4) is 17.3 Å². The second-order valence-corrected chi connectivity index (χ2v) is 6.51. The minimum atomic E-state index is 0.591. The largest absolute Gasteiger partial charge is 0.340 e. The maximum Gasteiger partial charge on any atom is 0.232 e. The van der Waals surface area contributed by atoms with Gasteiger partial charge >= 0.3 is 0 Å². The topological polar surface area (TPSA) is 64.8 Å². The van der Waals surface area contributed by atoms with Gasteiger partial charge in [0.1, 0.15) is 5.82 Å². The summed E-state index contributed by atoms with van der Waals surface area (Å²) in [5.74, 6) is 1.27. The third-order valence-corrected chi connectivity index (χ3v) is 4.51. The molecule has 0 spiro atoms. The highest BCUT2D eigenvalue weighted by Gasteiger charge is 2.12. The first kappa shape index (κ1) is 18.2. The molecule has 4 aromatic rings. The molecule has 0 aliphatic rings. The van der Waals surface area contributed by atoms with E-state index in [4.69, 9.17) is 15.2 Å². The van der Waals surface area contributed by atoms with Crippen molar-refractivity contribution in [3.05, 3.63) is 96.6 Å². The van der Waals surface area contributed by atoms with Crippen molar-refractivity contribution in [2.75, 3.05) is 17.3 Å². The molecule has 1 heterocycles. The van der Waals surface area contributed by atoms with Gasteiger partial charge in [0.15, 0.2) is 0 Å². The lowest BCUT2D eigenvalue weighted by atomic mass is 10.1. The van der Waals surface area contributed by atoms with Crippen LogP contribution < -0.4 is 10.2 Å². The Labute approximate surface area is 169 Å². The molecule has 140 valence electrons. The molecular weight excluding hydrogens is 358 g/mol. The van der Waals surface area contributed by atoms with Crippen LogP contribution >= 0.6 is 0 Å². The van der Waals surface area contributed by atoms with Crippen molar-refractivity contribution < 1.29 is 0 Å². The molecule has 1 N–H and O–H groups in total. The standard InChI is InChI=1S/C24H19N5/c1-29(21-10-6-3-7-11-21)24-27-22(19-8-4-2-5-9-19)16-23(28-24)26-20-14-12-18(17-25)13-15-20/h2-16H,1H3,(H,26,27,28). The van der Waals surface area contributed by atoms with Crippen LogP contribution in [0, 0.1) is 11.3 Å². The number of hydrogen-bond acceptors (Lipinski definition) is 5. The molecule has 1 aromatic heterocycles. The van der Waals surface area contributed by atoms with Gasteiger partial charge in [0, 0.05) is 30.1 Å². The molecule has 0 bridgehead atoms. The van der Waals surface area contributed by atoms with Gasteiger partial charge in [0.2, 0.25) is 5.95 Å². The fourth-order valence-electron chi connectivity index (χ4n) is 2.95. The lowest BCUT2D eigenvalue weighted by molar-refractivity contribution is 1.05. The Morgan fingerprint density at radius 3 is 2.14 bits per heavy atom. The number of anilines is 4. The summed E-state index contributed by atoms with van der Waals surface area (Å²) in [6.45, 7) is 0. The van der Waals surface area contributed by atoms with Gasteiger partial charge in [-0.25, -0.2) is 4.98 Å². The molecule has 0 saturated carbocycles. The number of rotatable bonds is 5. The minimum Gasteiger partial charge on any atom is -0.340 e. The third kappa shape index (κ3) is 4.23. The van der Waals surface area contributed by atoms with E-state index < -0.39 is 0 Å². The smallest absolute Gasteiger partial charge is 0.232 e. The number of aromatic nitrogens is 2. The number of nitrogens with zero attached hydrogens (tertiary/aromatic N) is 4. The highest BCUT2D eigenvalue weighted by atomic mass is 15.3. The first-order valence-corrected chi connectivity index (χ1v) is 9.23. The Morgan fingerprint density at radius 2 is 1.48 bits per heavy atom. The quantitative estimate of drug-likeness (QED) is 0.496. The summed E-state index contributed by atoms with van der Waals surface area (Å²) in [6, 6.07) is 31.4. The van der Waals surface area contributed by atoms with Crippen molar-refractivity contribution in [3.63, 3.8) is 0 Å². The lowest BCUT2D eigenvalue weighted by Gasteiger charge is -2.19. The average Bonchev–Trinajstić information content (AvgIpc) is 2.80. The van der Waals surface area contributed by atoms with Gasteiger partial charge in [0.25, 0.3) is 0 Å². The SMILES string of the molecule is CN(c1ccccc1)c1nc(Nc2ccc(C#N)cc2)cc(-c2ccccc2)n1. The number of hydrogen-bond donors (Lipinski definition) is 1. The Kier molecular flexibility index (Phi) is 5.17. The van der Waals surface area contributed by atoms with Crippen molar-refractivity contribution in [2.45, 2.75) is 0 Å². The van der Waals surface area contributed by atoms with E-state index in [1.165, 1.54) is 0 Å². The van der Waals surface area contributed by atoms with Crippen LogP contribution in [0.3, 0.4) is 0 Å². The molecular formula is C24H19N5. The molecule has 0 amide bonds. The molecule has 5 heteroatoms. The van der Waals surface area contributed by atoms with E-state index >= 15 is 0 Å². The predicted molar refractivity (Wildman–Crippen MR) is 116 cm³/mol. The van der Waals surface area contributed by atoms with Crippen LogP contribution in [0.2, 0.25) is 0 Å². The minimum absolute atomic E-state index is 0.591. The van der Waals surface area contributed by atoms with Gasteiger partial charge in [0.05, 0.1) is 17.3 Å². The molecule has 0 atom stereocenters. The molecule has 4 rings (SSSR count). The van der Waals surface area contributed by atoms with Crippen LogP contribution in [-0.4, -0.2) is 17.0 Å². The Hall–Kier alpha value is -4.17. The highest BCUT2D eigenvalue weighted by Crippen LogP contribution is 2.27. The lowest BCUT2D eigenvalue weighted by Crippen LogP contribution is -2.14. The zero-order valence-electron chi connectivity index (χ0n) is 15.9. The van der Waals surface area contributed by atoms with E-state index in [0.29, 0.717) is 17.3 Å². The molecule has 0 unspecified atom stereocenters. The highest BCUT2D eigenvalue weighted by molar-refractivity contribution is 5.69. The van der Waals surface area contributed by atoms with Crippen LogP contribution in [0.5, 0.6) is 0 Å². The van der Waals surface area contributed by atoms with Gasteiger partial charge in [-0.15, -0.1) is 0 Å². The molecule has 0 aliphatic heterocycles. The first-order chi connectivity index (χ1) is 14.2. The fraction of sp³-hybridized carbons (Fsp3) is 0.0417. The molecule has 0 saturated heterocycles. The summed E-state index contributed by atoms with van der Waals surface area (Å²) < 4.78 is 0. The van der Waals surface area contributed by atoms with E-state index in [1.807, 2.05) is 90.8 Å². The van der Waals surface area contributed by atoms with E-state index in [9.17, 15) is 0 Å². The molecule has 0 aliphatic carbocycles. The zero-order valence-corrected chi connectivity index (χ0v) is 15.9. The van der Waals surface area contributed by atoms with Gasteiger partial charge < -0.3 is 10.2 Å². The van der Waals surface area contributed by atoms with Crippen molar-refractivity contribution in [1.82, 2.24) is 9.97 Å². The number of benzene rings is 3. The van der Waals surface area contributed by atoms with Crippen LogP contribution in [0.15, 0.2) is 91.0 Å². The number of nitrogens with one attached hydrogen (secondary N) is 1. The summed E-state index contributed by atoms with van der Waals surface area (Å²) in [5, 5.41) is 12.3. The molecule has 3 aromatic carbocycles. The summed E-state index contributed by atoms with van der Waals surface area (Å²) in [5.41, 5.74) is 4.32. The first-order valence-electron chi connectivity index (χ1n) is 9.23. The van der Waals surface area contributed by atoms with Crippen LogP contribution in [-0.2, 0) is 0 Å². The Balaban J connectivity index is 1.74.